The van der Waals surface area contributed by atoms with Gasteiger partial charge in [0.2, 0.25) is 0 Å². The van der Waals surface area contributed by atoms with Gasteiger partial charge in [-0.1, -0.05) is 30.3 Å². The monoisotopic (exact) mass is 573 g/mol. The first-order valence-corrected chi connectivity index (χ1v) is 14.5. The lowest BCUT2D eigenvalue weighted by Crippen LogP contribution is -2.26. The summed E-state index contributed by atoms with van der Waals surface area (Å²) in [7, 11) is 0. The Hall–Kier alpha value is -3.95. The molecule has 0 N–H and O–H groups in total. The Bertz CT molecular complexity index is 1460. The van der Waals surface area contributed by atoms with Crippen LogP contribution in [0.15, 0.2) is 67.0 Å². The first-order chi connectivity index (χ1) is 20.4. The van der Waals surface area contributed by atoms with Crippen LogP contribution in [-0.4, -0.2) is 52.8 Å². The summed E-state index contributed by atoms with van der Waals surface area (Å²) < 4.78 is 30.9. The number of esters is 1. The van der Waals surface area contributed by atoms with E-state index < -0.39 is 5.60 Å². The number of rotatable bonds is 12. The fraction of sp³-hybridized carbons (Fsp3) is 0.424. The summed E-state index contributed by atoms with van der Waals surface area (Å²) in [5, 5.41) is 5.97. The van der Waals surface area contributed by atoms with E-state index in [2.05, 4.69) is 4.98 Å². The number of hydrogen-bond acceptors (Lipinski definition) is 8. The molecule has 9 nitrogen and oxygen atoms in total. The van der Waals surface area contributed by atoms with Crippen molar-refractivity contribution >= 4 is 16.9 Å². The molecule has 1 atom stereocenters. The maximum atomic E-state index is 11.8. The minimum absolute atomic E-state index is 0.0722. The molecule has 1 fully saturated rings. The maximum absolute atomic E-state index is 11.8. The van der Waals surface area contributed by atoms with E-state index in [1.165, 1.54) is 0 Å². The molecule has 222 valence electrons. The van der Waals surface area contributed by atoms with E-state index in [9.17, 15) is 4.79 Å². The molecule has 1 saturated heterocycles. The standard InChI is InChI=1S/C33H39N3O6/c1-33(2,3)42-31(37)23-38-15-9-17-39-26-13-14-29-28(19-26)32(35-36(29)30-12-7-8-16-40-30)25-18-27(21-34-20-25)41-22-24-10-5-4-6-11-24/h4-6,10-11,13-14,18-21,30H,7-9,12,15-17,22-23H2,1-3H3. The number of ether oxygens (including phenoxy) is 5. The van der Waals surface area contributed by atoms with Gasteiger partial charge in [0.15, 0.2) is 6.23 Å². The number of carbonyl (C=O) groups excluding carboxylic acids is 1. The summed E-state index contributed by atoms with van der Waals surface area (Å²) in [5.74, 6) is 1.03. The highest BCUT2D eigenvalue weighted by molar-refractivity contribution is 5.94. The fourth-order valence-electron chi connectivity index (χ4n) is 4.80. The van der Waals surface area contributed by atoms with Gasteiger partial charge in [0.25, 0.3) is 0 Å². The summed E-state index contributed by atoms with van der Waals surface area (Å²) >= 11 is 0. The SMILES string of the molecule is CC(C)(C)OC(=O)COCCCOc1ccc2c(c1)c(-c1cncc(OCc3ccccc3)c1)nn2C1CCCCO1. The molecule has 9 heteroatoms. The lowest BCUT2D eigenvalue weighted by atomic mass is 10.1. The van der Waals surface area contributed by atoms with E-state index >= 15 is 0 Å². The van der Waals surface area contributed by atoms with Crippen molar-refractivity contribution in [2.75, 3.05) is 26.4 Å². The second-order valence-corrected chi connectivity index (χ2v) is 11.3. The maximum Gasteiger partial charge on any atom is 0.332 e. The van der Waals surface area contributed by atoms with Crippen molar-refractivity contribution in [3.05, 3.63) is 72.6 Å². The molecule has 0 bridgehead atoms. The molecule has 4 aromatic rings. The van der Waals surface area contributed by atoms with Crippen LogP contribution in [-0.2, 0) is 25.6 Å². The summed E-state index contributed by atoms with van der Waals surface area (Å²) in [6.07, 6.45) is 7.11. The van der Waals surface area contributed by atoms with Crippen molar-refractivity contribution in [1.82, 2.24) is 14.8 Å². The Labute approximate surface area is 246 Å². The minimum Gasteiger partial charge on any atom is -0.493 e. The lowest BCUT2D eigenvalue weighted by molar-refractivity contribution is -0.160. The largest absolute Gasteiger partial charge is 0.493 e. The van der Waals surface area contributed by atoms with E-state index in [1.807, 2.05) is 80.1 Å². The van der Waals surface area contributed by atoms with Gasteiger partial charge in [-0.15, -0.1) is 0 Å². The van der Waals surface area contributed by atoms with Gasteiger partial charge in [-0.25, -0.2) is 9.48 Å². The number of benzene rings is 2. The predicted octanol–water partition coefficient (Wildman–Crippen LogP) is 6.50. The van der Waals surface area contributed by atoms with Crippen molar-refractivity contribution in [1.29, 1.82) is 0 Å². The van der Waals surface area contributed by atoms with Gasteiger partial charge in [0, 0.05) is 30.2 Å². The Morgan fingerprint density at radius 3 is 2.64 bits per heavy atom. The molecule has 0 aliphatic carbocycles. The minimum atomic E-state index is -0.523. The lowest BCUT2D eigenvalue weighted by Gasteiger charge is -2.23. The summed E-state index contributed by atoms with van der Waals surface area (Å²) in [6.45, 7) is 7.45. The Morgan fingerprint density at radius 1 is 1.00 bits per heavy atom. The van der Waals surface area contributed by atoms with Gasteiger partial charge >= 0.3 is 5.97 Å². The molecular formula is C33H39N3O6. The third-order valence-electron chi connectivity index (χ3n) is 6.68. The van der Waals surface area contributed by atoms with Gasteiger partial charge in [-0.05, 0) is 69.9 Å². The van der Waals surface area contributed by atoms with Crippen molar-refractivity contribution in [2.45, 2.75) is 64.9 Å². The van der Waals surface area contributed by atoms with Crippen LogP contribution in [0.3, 0.4) is 0 Å². The summed E-state index contributed by atoms with van der Waals surface area (Å²) in [4.78, 5) is 16.3. The van der Waals surface area contributed by atoms with Gasteiger partial charge in [-0.3, -0.25) is 4.98 Å². The molecule has 0 radical (unpaired) electrons. The molecule has 3 heterocycles. The number of carbonyl (C=O) groups is 1. The van der Waals surface area contributed by atoms with E-state index in [1.54, 1.807) is 12.4 Å². The highest BCUT2D eigenvalue weighted by Crippen LogP contribution is 2.35. The fourth-order valence-corrected chi connectivity index (χ4v) is 4.80. The van der Waals surface area contributed by atoms with E-state index in [4.69, 9.17) is 28.8 Å². The van der Waals surface area contributed by atoms with Crippen molar-refractivity contribution < 1.29 is 28.5 Å². The molecular weight excluding hydrogens is 534 g/mol. The zero-order valence-electron chi connectivity index (χ0n) is 24.6. The molecule has 5 rings (SSSR count). The zero-order valence-corrected chi connectivity index (χ0v) is 24.6. The van der Waals surface area contributed by atoms with Crippen LogP contribution in [0.1, 0.15) is 58.2 Å². The van der Waals surface area contributed by atoms with Gasteiger partial charge in [0.1, 0.15) is 36.0 Å². The first kappa shape index (κ1) is 29.5. The van der Waals surface area contributed by atoms with Crippen LogP contribution >= 0.6 is 0 Å². The van der Waals surface area contributed by atoms with E-state index in [0.717, 1.165) is 59.3 Å². The molecule has 2 aromatic heterocycles. The quantitative estimate of drug-likeness (QED) is 0.140. The number of hydrogen-bond donors (Lipinski definition) is 0. The van der Waals surface area contributed by atoms with Gasteiger partial charge in [0.05, 0.1) is 24.9 Å². The van der Waals surface area contributed by atoms with Crippen LogP contribution in [0.25, 0.3) is 22.2 Å². The normalized spacial score (nSPS) is 15.5. The molecule has 1 unspecified atom stereocenters. The van der Waals surface area contributed by atoms with Crippen LogP contribution in [0, 0.1) is 0 Å². The second kappa shape index (κ2) is 13.8. The van der Waals surface area contributed by atoms with Gasteiger partial charge < -0.3 is 23.7 Å². The molecule has 2 aromatic carbocycles. The summed E-state index contributed by atoms with van der Waals surface area (Å²) in [6, 6.07) is 18.0. The van der Waals surface area contributed by atoms with Crippen LogP contribution < -0.4 is 9.47 Å². The topological polar surface area (TPSA) is 93.9 Å². The van der Waals surface area contributed by atoms with Crippen molar-refractivity contribution in [3.63, 3.8) is 0 Å². The Balaban J connectivity index is 1.29. The average Bonchev–Trinajstić information content (AvgIpc) is 3.37. The molecule has 1 aliphatic rings. The third kappa shape index (κ3) is 8.08. The van der Waals surface area contributed by atoms with E-state index in [-0.39, 0.29) is 18.8 Å². The highest BCUT2D eigenvalue weighted by Gasteiger charge is 2.22. The number of aromatic nitrogens is 3. The van der Waals surface area contributed by atoms with Crippen molar-refractivity contribution in [2.24, 2.45) is 0 Å². The van der Waals surface area contributed by atoms with Crippen LogP contribution in [0.5, 0.6) is 11.5 Å². The molecule has 0 spiro atoms. The smallest absolute Gasteiger partial charge is 0.332 e. The molecule has 1 aliphatic heterocycles. The molecule has 0 saturated carbocycles. The molecule has 0 amide bonds. The Morgan fingerprint density at radius 2 is 1.86 bits per heavy atom. The van der Waals surface area contributed by atoms with Crippen molar-refractivity contribution in [3.8, 4) is 22.8 Å². The van der Waals surface area contributed by atoms with Crippen LogP contribution in [0.4, 0.5) is 0 Å². The highest BCUT2D eigenvalue weighted by atomic mass is 16.6. The second-order valence-electron chi connectivity index (χ2n) is 11.3. The van der Waals surface area contributed by atoms with Gasteiger partial charge in [-0.2, -0.15) is 5.10 Å². The average molecular weight is 574 g/mol. The predicted molar refractivity (Wildman–Crippen MR) is 159 cm³/mol. The first-order valence-electron chi connectivity index (χ1n) is 14.5. The zero-order chi connectivity index (χ0) is 29.4. The van der Waals surface area contributed by atoms with E-state index in [0.29, 0.717) is 32.0 Å². The Kier molecular flexibility index (Phi) is 9.71. The molecule has 42 heavy (non-hydrogen) atoms. The third-order valence-corrected chi connectivity index (χ3v) is 6.68. The van der Waals surface area contributed by atoms with Crippen LogP contribution in [0.2, 0.25) is 0 Å². The number of fused-ring (bicyclic) bond motifs is 1. The number of pyridine rings is 1. The number of nitrogens with zero attached hydrogens (tertiary/aromatic N) is 3. The summed E-state index contributed by atoms with van der Waals surface area (Å²) in [5.41, 5.74) is 3.19.